The number of rotatable bonds is 7. The van der Waals surface area contributed by atoms with Gasteiger partial charge < -0.3 is 9.47 Å². The Morgan fingerprint density at radius 3 is 2.72 bits per heavy atom. The normalized spacial score (nSPS) is 9.61. The number of ketones is 1. The molecule has 4 heteroatoms. The maximum absolute atomic E-state index is 11.2. The zero-order valence-electron chi connectivity index (χ0n) is 10.7. The zero-order chi connectivity index (χ0) is 13.4. The summed E-state index contributed by atoms with van der Waals surface area (Å²) in [7, 11) is 1.54. The second-order valence-electron chi connectivity index (χ2n) is 3.89. The van der Waals surface area contributed by atoms with E-state index >= 15 is 0 Å². The summed E-state index contributed by atoms with van der Waals surface area (Å²) in [5, 5.41) is 8.40. The van der Waals surface area contributed by atoms with E-state index in [0.29, 0.717) is 30.1 Å². The van der Waals surface area contributed by atoms with Crippen LogP contribution in [0.15, 0.2) is 18.2 Å². The number of methoxy groups -OCH3 is 1. The predicted molar refractivity (Wildman–Crippen MR) is 68.0 cm³/mol. The molecule has 96 valence electrons. The highest BCUT2D eigenvalue weighted by molar-refractivity contribution is 5.94. The van der Waals surface area contributed by atoms with Gasteiger partial charge in [-0.05, 0) is 38.0 Å². The number of Topliss-reactive ketones (excluding diaryl/α,β-unsaturated/α-hetero) is 1. The first-order valence-electron chi connectivity index (χ1n) is 5.87. The average molecular weight is 247 g/mol. The number of hydrogen-bond acceptors (Lipinski definition) is 4. The molecule has 18 heavy (non-hydrogen) atoms. The highest BCUT2D eigenvalue weighted by atomic mass is 16.5. The summed E-state index contributed by atoms with van der Waals surface area (Å²) in [6.45, 7) is 2.05. The molecule has 0 atom stereocenters. The van der Waals surface area contributed by atoms with Gasteiger partial charge >= 0.3 is 0 Å². The summed E-state index contributed by atoms with van der Waals surface area (Å²) >= 11 is 0. The molecule has 0 radical (unpaired) electrons. The third-order valence-corrected chi connectivity index (χ3v) is 2.51. The summed E-state index contributed by atoms with van der Waals surface area (Å²) in [6.07, 6.45) is 2.19. The molecule has 1 aromatic carbocycles. The van der Waals surface area contributed by atoms with Crippen molar-refractivity contribution in [1.82, 2.24) is 0 Å². The Morgan fingerprint density at radius 1 is 1.33 bits per heavy atom. The van der Waals surface area contributed by atoms with Crippen molar-refractivity contribution in [3.05, 3.63) is 23.8 Å². The van der Waals surface area contributed by atoms with Crippen molar-refractivity contribution in [1.29, 1.82) is 5.26 Å². The van der Waals surface area contributed by atoms with Crippen molar-refractivity contribution in [3.8, 4) is 17.6 Å². The fourth-order valence-electron chi connectivity index (χ4n) is 1.49. The Hall–Kier alpha value is -2.02. The molecular formula is C14H17NO3. The molecular weight excluding hydrogens is 230 g/mol. The fraction of sp³-hybridized carbons (Fsp3) is 0.429. The van der Waals surface area contributed by atoms with E-state index in [4.69, 9.17) is 14.7 Å². The van der Waals surface area contributed by atoms with Crippen LogP contribution in [0.5, 0.6) is 11.5 Å². The molecule has 1 rings (SSSR count). The van der Waals surface area contributed by atoms with Crippen molar-refractivity contribution in [2.24, 2.45) is 0 Å². The number of unbranched alkanes of at least 4 members (excludes halogenated alkanes) is 2. The van der Waals surface area contributed by atoms with Crippen LogP contribution >= 0.6 is 0 Å². The van der Waals surface area contributed by atoms with Gasteiger partial charge in [0.05, 0.1) is 19.8 Å². The molecule has 0 saturated carbocycles. The summed E-state index contributed by atoms with van der Waals surface area (Å²) in [6, 6.07) is 7.22. The molecule has 0 unspecified atom stereocenters. The topological polar surface area (TPSA) is 59.3 Å². The van der Waals surface area contributed by atoms with Crippen molar-refractivity contribution in [2.45, 2.75) is 26.2 Å². The van der Waals surface area contributed by atoms with Gasteiger partial charge in [0.15, 0.2) is 17.3 Å². The summed E-state index contributed by atoms with van der Waals surface area (Å²) in [5.41, 5.74) is 0.601. The van der Waals surface area contributed by atoms with E-state index in [-0.39, 0.29) is 5.78 Å². The van der Waals surface area contributed by atoms with Crippen LogP contribution in [0, 0.1) is 11.3 Å². The minimum absolute atomic E-state index is 0.00568. The van der Waals surface area contributed by atoms with Gasteiger partial charge in [-0.3, -0.25) is 4.79 Å². The largest absolute Gasteiger partial charge is 0.493 e. The first-order valence-corrected chi connectivity index (χ1v) is 5.87. The Morgan fingerprint density at radius 2 is 2.11 bits per heavy atom. The Balaban J connectivity index is 2.60. The number of nitriles is 1. The molecule has 0 aromatic heterocycles. The SMILES string of the molecule is COc1cc(C(C)=O)ccc1OCCCCC#N. The van der Waals surface area contributed by atoms with Gasteiger partial charge in [0.1, 0.15) is 0 Å². The van der Waals surface area contributed by atoms with Crippen molar-refractivity contribution in [3.63, 3.8) is 0 Å². The number of ether oxygens (including phenoxy) is 2. The predicted octanol–water partition coefficient (Wildman–Crippen LogP) is 2.97. The second-order valence-corrected chi connectivity index (χ2v) is 3.89. The van der Waals surface area contributed by atoms with Crippen LogP contribution < -0.4 is 9.47 Å². The fourth-order valence-corrected chi connectivity index (χ4v) is 1.49. The smallest absolute Gasteiger partial charge is 0.161 e. The lowest BCUT2D eigenvalue weighted by molar-refractivity contribution is 0.101. The summed E-state index contributed by atoms with van der Waals surface area (Å²) in [4.78, 5) is 11.2. The van der Waals surface area contributed by atoms with Gasteiger partial charge in [0, 0.05) is 12.0 Å². The second kappa shape index (κ2) is 7.33. The van der Waals surface area contributed by atoms with Crippen LogP contribution in [0.25, 0.3) is 0 Å². The summed E-state index contributed by atoms with van der Waals surface area (Å²) in [5.74, 6) is 1.18. The monoisotopic (exact) mass is 247 g/mol. The molecule has 0 aliphatic carbocycles. The molecule has 0 heterocycles. The van der Waals surface area contributed by atoms with Crippen molar-refractivity contribution in [2.75, 3.05) is 13.7 Å². The van der Waals surface area contributed by atoms with Crippen LogP contribution in [0.1, 0.15) is 36.5 Å². The van der Waals surface area contributed by atoms with Crippen LogP contribution in [-0.4, -0.2) is 19.5 Å². The number of carbonyl (C=O) groups excluding carboxylic acids is 1. The highest BCUT2D eigenvalue weighted by Crippen LogP contribution is 2.28. The Labute approximate surface area is 107 Å². The van der Waals surface area contributed by atoms with Gasteiger partial charge in [-0.2, -0.15) is 5.26 Å². The first kappa shape index (κ1) is 14.0. The van der Waals surface area contributed by atoms with E-state index in [2.05, 4.69) is 6.07 Å². The number of hydrogen-bond donors (Lipinski definition) is 0. The van der Waals surface area contributed by atoms with E-state index in [0.717, 1.165) is 12.8 Å². The quantitative estimate of drug-likeness (QED) is 0.549. The Bertz CT molecular complexity index is 449. The van der Waals surface area contributed by atoms with E-state index in [1.165, 1.54) is 6.92 Å². The third-order valence-electron chi connectivity index (χ3n) is 2.51. The van der Waals surface area contributed by atoms with Crippen LogP contribution in [0.2, 0.25) is 0 Å². The molecule has 1 aromatic rings. The number of nitrogens with zero attached hydrogens (tertiary/aromatic N) is 1. The molecule has 4 nitrogen and oxygen atoms in total. The van der Waals surface area contributed by atoms with E-state index in [1.807, 2.05) is 0 Å². The van der Waals surface area contributed by atoms with Gasteiger partial charge in [-0.1, -0.05) is 0 Å². The van der Waals surface area contributed by atoms with Crippen molar-refractivity contribution >= 4 is 5.78 Å². The molecule has 0 spiro atoms. The zero-order valence-corrected chi connectivity index (χ0v) is 10.7. The molecule has 0 amide bonds. The van der Waals surface area contributed by atoms with Crippen LogP contribution in [-0.2, 0) is 0 Å². The average Bonchev–Trinajstić information content (AvgIpc) is 2.38. The lowest BCUT2D eigenvalue weighted by Crippen LogP contribution is -2.01. The van der Waals surface area contributed by atoms with Gasteiger partial charge in [-0.15, -0.1) is 0 Å². The molecule has 0 fully saturated rings. The lowest BCUT2D eigenvalue weighted by Gasteiger charge is -2.11. The maximum atomic E-state index is 11.2. The molecule has 0 aliphatic heterocycles. The standard InChI is InChI=1S/C14H17NO3/c1-11(16)12-6-7-13(14(10-12)17-2)18-9-5-3-4-8-15/h6-7,10H,3-5,9H2,1-2H3. The first-order chi connectivity index (χ1) is 8.69. The van der Waals surface area contributed by atoms with E-state index < -0.39 is 0 Å². The van der Waals surface area contributed by atoms with Gasteiger partial charge in [0.25, 0.3) is 0 Å². The number of carbonyl (C=O) groups is 1. The summed E-state index contributed by atoms with van der Waals surface area (Å²) < 4.78 is 10.7. The van der Waals surface area contributed by atoms with Crippen LogP contribution in [0.3, 0.4) is 0 Å². The lowest BCUT2D eigenvalue weighted by atomic mass is 10.1. The molecule has 0 bridgehead atoms. The molecule has 0 saturated heterocycles. The number of benzene rings is 1. The minimum Gasteiger partial charge on any atom is -0.493 e. The van der Waals surface area contributed by atoms with Gasteiger partial charge in [-0.25, -0.2) is 0 Å². The van der Waals surface area contributed by atoms with E-state index in [9.17, 15) is 4.79 Å². The van der Waals surface area contributed by atoms with Crippen LogP contribution in [0.4, 0.5) is 0 Å². The maximum Gasteiger partial charge on any atom is 0.161 e. The molecule has 0 N–H and O–H groups in total. The third kappa shape index (κ3) is 4.10. The Kier molecular flexibility index (Phi) is 5.72. The molecule has 0 aliphatic rings. The highest BCUT2D eigenvalue weighted by Gasteiger charge is 2.07. The van der Waals surface area contributed by atoms with Crippen molar-refractivity contribution < 1.29 is 14.3 Å². The van der Waals surface area contributed by atoms with Gasteiger partial charge in [0.2, 0.25) is 0 Å². The van der Waals surface area contributed by atoms with E-state index in [1.54, 1.807) is 25.3 Å². The minimum atomic E-state index is -0.00568.